The van der Waals surface area contributed by atoms with Crippen molar-refractivity contribution in [1.82, 2.24) is 50.5 Å². The average molecular weight is 595 g/mol. The third kappa shape index (κ3) is 5.57. The van der Waals surface area contributed by atoms with E-state index in [9.17, 15) is 29.4 Å². The first kappa shape index (κ1) is 27.4. The maximum atomic E-state index is 12.9. The van der Waals surface area contributed by atoms with Gasteiger partial charge in [0, 0.05) is 0 Å². The maximum absolute atomic E-state index is 12.9. The van der Waals surface area contributed by atoms with Crippen LogP contribution in [-0.2, 0) is 12.8 Å². The van der Waals surface area contributed by atoms with Crippen LogP contribution in [0.4, 0.5) is 11.4 Å². The molecule has 18 heteroatoms. The van der Waals surface area contributed by atoms with E-state index in [2.05, 4.69) is 51.9 Å². The molecule has 0 atom stereocenters. The first-order valence-electron chi connectivity index (χ1n) is 12.7. The normalized spacial score (nSPS) is 11.0. The lowest BCUT2D eigenvalue weighted by Crippen LogP contribution is -2.18. The molecule has 4 N–H and O–H groups in total. The predicted octanol–water partition coefficient (Wildman–Crippen LogP) is 1.04. The van der Waals surface area contributed by atoms with Gasteiger partial charge in [-0.25, -0.2) is 9.59 Å². The van der Waals surface area contributed by atoms with Crippen molar-refractivity contribution in [2.24, 2.45) is 0 Å². The van der Waals surface area contributed by atoms with Crippen LogP contribution in [-0.4, -0.2) is 84.5 Å². The van der Waals surface area contributed by atoms with E-state index in [-0.39, 0.29) is 33.9 Å². The number of hydrogen-bond acceptors (Lipinski definition) is 12. The Kier molecular flexibility index (Phi) is 7.04. The number of carboxylic acid groups (broad SMARTS) is 2. The number of aromatic carboxylic acids is 2. The summed E-state index contributed by atoms with van der Waals surface area (Å²) in [5.41, 5.74) is 1.81. The average Bonchev–Trinajstić information content (AvgIpc) is 3.68. The monoisotopic (exact) mass is 594 g/mol. The van der Waals surface area contributed by atoms with Crippen LogP contribution < -0.4 is 10.6 Å². The van der Waals surface area contributed by atoms with Gasteiger partial charge in [0.1, 0.15) is 0 Å². The van der Waals surface area contributed by atoms with Crippen molar-refractivity contribution in [2.45, 2.75) is 12.8 Å². The van der Waals surface area contributed by atoms with Gasteiger partial charge in [-0.2, -0.15) is 0 Å². The number of nitrogens with one attached hydrogen (secondary N) is 2. The summed E-state index contributed by atoms with van der Waals surface area (Å²) < 4.78 is 2.14. The van der Waals surface area contributed by atoms with Crippen LogP contribution in [0.25, 0.3) is 11.3 Å². The lowest BCUT2D eigenvalue weighted by atomic mass is 10.00. The lowest BCUT2D eigenvalue weighted by molar-refractivity contribution is 0.0687. The number of nitrogens with zero attached hydrogens (tertiary/aromatic N) is 10. The molecule has 44 heavy (non-hydrogen) atoms. The van der Waals surface area contributed by atoms with E-state index >= 15 is 0 Å². The Bertz CT molecular complexity index is 1960. The second kappa shape index (κ2) is 11.3. The van der Waals surface area contributed by atoms with Gasteiger partial charge >= 0.3 is 11.9 Å². The van der Waals surface area contributed by atoms with Crippen LogP contribution >= 0.6 is 0 Å². The second-order valence-corrected chi connectivity index (χ2v) is 9.27. The molecule has 218 valence electrons. The molecular formula is C26H18N12O6. The molecule has 18 nitrogen and oxygen atoms in total. The smallest absolute Gasteiger partial charge is 0.337 e. The van der Waals surface area contributed by atoms with Crippen molar-refractivity contribution in [3.05, 3.63) is 94.3 Å². The van der Waals surface area contributed by atoms with E-state index < -0.39 is 23.8 Å². The second-order valence-electron chi connectivity index (χ2n) is 9.27. The zero-order valence-corrected chi connectivity index (χ0v) is 22.2. The number of benzene rings is 2. The summed E-state index contributed by atoms with van der Waals surface area (Å²) in [5, 5.41) is 54.2. The molecule has 6 aromatic rings. The maximum Gasteiger partial charge on any atom is 0.337 e. The number of carbonyl (C=O) groups is 4. The Morgan fingerprint density at radius 1 is 0.614 bits per heavy atom. The van der Waals surface area contributed by atoms with Crippen molar-refractivity contribution in [2.75, 3.05) is 10.6 Å². The molecule has 4 aromatic heterocycles. The summed E-state index contributed by atoms with van der Waals surface area (Å²) in [6.07, 6.45) is 0.768. The molecule has 0 saturated heterocycles. The summed E-state index contributed by atoms with van der Waals surface area (Å²) in [6, 6.07) is 14.8. The first-order chi connectivity index (χ1) is 21.2. The van der Waals surface area contributed by atoms with E-state index in [1.54, 1.807) is 12.1 Å². The standard InChI is InChI=1S/C26H18N12O6/c39-23(17-7-9-21-29-33-35-37(21)31-17)27-19-11-13(3-5-15(19)25(41)42)1-2-14-4-6-16(26(43)44)20(12-14)28-24(40)18-8-10-22-30-34-36-38(22)32-18/h3-12H,1-2H2,(H,27,39)(H,28,40)(H,41,42)(H,43,44). The Morgan fingerprint density at radius 2 is 1.05 bits per heavy atom. The number of carboxylic acids is 2. The summed E-state index contributed by atoms with van der Waals surface area (Å²) in [6.45, 7) is 0. The summed E-state index contributed by atoms with van der Waals surface area (Å²) in [4.78, 5) is 49.4. The van der Waals surface area contributed by atoms with Crippen molar-refractivity contribution in [3.8, 4) is 0 Å². The highest BCUT2D eigenvalue weighted by Crippen LogP contribution is 2.23. The zero-order chi connectivity index (χ0) is 30.8. The third-order valence-corrected chi connectivity index (χ3v) is 6.43. The van der Waals surface area contributed by atoms with Crippen molar-refractivity contribution in [3.63, 3.8) is 0 Å². The van der Waals surface area contributed by atoms with E-state index in [0.29, 0.717) is 35.3 Å². The number of fused-ring (bicyclic) bond motifs is 2. The zero-order valence-electron chi connectivity index (χ0n) is 22.2. The van der Waals surface area contributed by atoms with Gasteiger partial charge in [0.2, 0.25) is 0 Å². The molecule has 0 saturated carbocycles. The Hall–Kier alpha value is -6.72. The van der Waals surface area contributed by atoms with Crippen molar-refractivity contribution < 1.29 is 29.4 Å². The first-order valence-corrected chi connectivity index (χ1v) is 12.7. The van der Waals surface area contributed by atoms with Crippen molar-refractivity contribution >= 4 is 46.4 Å². The molecule has 2 aromatic carbocycles. The number of aryl methyl sites for hydroxylation is 2. The highest BCUT2D eigenvalue weighted by Gasteiger charge is 2.18. The van der Waals surface area contributed by atoms with Crippen molar-refractivity contribution in [1.29, 1.82) is 0 Å². The number of carbonyl (C=O) groups excluding carboxylic acids is 2. The Labute approximate surface area is 244 Å². The summed E-state index contributed by atoms with van der Waals surface area (Å²) >= 11 is 0. The Balaban J connectivity index is 1.20. The third-order valence-electron chi connectivity index (χ3n) is 6.43. The molecule has 0 spiro atoms. The minimum absolute atomic E-state index is 0.0345. The summed E-state index contributed by atoms with van der Waals surface area (Å²) in [5.74, 6) is -3.82. The van der Waals surface area contributed by atoms with Gasteiger partial charge in [0.25, 0.3) is 11.8 Å². The predicted molar refractivity (Wildman–Crippen MR) is 147 cm³/mol. The van der Waals surface area contributed by atoms with Gasteiger partial charge in [0.15, 0.2) is 22.7 Å². The molecule has 0 aliphatic heterocycles. The van der Waals surface area contributed by atoms with Crippen LogP contribution in [0.1, 0.15) is 52.8 Å². The molecule has 2 amide bonds. The molecule has 0 aliphatic carbocycles. The van der Waals surface area contributed by atoms with Gasteiger partial charge in [-0.15, -0.1) is 29.7 Å². The largest absolute Gasteiger partial charge is 0.478 e. The van der Waals surface area contributed by atoms with Crippen LogP contribution in [0.15, 0.2) is 60.7 Å². The van der Waals surface area contributed by atoms with E-state index in [1.807, 2.05) is 0 Å². The molecule has 4 heterocycles. The number of rotatable bonds is 9. The fraction of sp³-hybridized carbons (Fsp3) is 0.0769. The molecule has 0 aliphatic rings. The highest BCUT2D eigenvalue weighted by atomic mass is 16.4. The molecule has 0 unspecified atom stereocenters. The van der Waals surface area contributed by atoms with Crippen LogP contribution in [0.3, 0.4) is 0 Å². The minimum Gasteiger partial charge on any atom is -0.478 e. The fourth-order valence-corrected chi connectivity index (χ4v) is 4.28. The van der Waals surface area contributed by atoms with Gasteiger partial charge < -0.3 is 20.8 Å². The van der Waals surface area contributed by atoms with E-state index in [4.69, 9.17) is 0 Å². The number of anilines is 2. The quantitative estimate of drug-likeness (QED) is 0.183. The Morgan fingerprint density at radius 3 is 1.45 bits per heavy atom. The molecule has 0 fully saturated rings. The topological polar surface area (TPSA) is 245 Å². The molecule has 6 rings (SSSR count). The van der Waals surface area contributed by atoms with Gasteiger partial charge in [-0.05, 0) is 93.4 Å². The number of amides is 2. The van der Waals surface area contributed by atoms with Crippen LogP contribution in [0.2, 0.25) is 0 Å². The van der Waals surface area contributed by atoms with Gasteiger partial charge in [-0.1, -0.05) is 12.1 Å². The molecular weight excluding hydrogens is 576 g/mol. The van der Waals surface area contributed by atoms with Crippen LogP contribution in [0, 0.1) is 0 Å². The van der Waals surface area contributed by atoms with E-state index in [1.165, 1.54) is 48.5 Å². The number of hydrogen-bond donors (Lipinski definition) is 4. The lowest BCUT2D eigenvalue weighted by Gasteiger charge is -2.12. The van der Waals surface area contributed by atoms with E-state index in [0.717, 1.165) is 9.26 Å². The summed E-state index contributed by atoms with van der Waals surface area (Å²) in [7, 11) is 0. The van der Waals surface area contributed by atoms with Gasteiger partial charge in [-0.3, -0.25) is 9.59 Å². The van der Waals surface area contributed by atoms with Gasteiger partial charge in [0.05, 0.1) is 22.5 Å². The SMILES string of the molecule is O=C(Nc1cc(CCc2ccc(C(=O)O)c(NC(=O)c3ccc4nnnn4n3)c2)ccc1C(=O)O)c1ccc2nnnn2n1. The molecule has 0 bridgehead atoms. The fourth-order valence-electron chi connectivity index (χ4n) is 4.28. The molecule has 0 radical (unpaired) electrons. The number of aromatic nitrogens is 10. The number of tetrazole rings is 2. The minimum atomic E-state index is -1.24. The van der Waals surface area contributed by atoms with Crippen LogP contribution in [0.5, 0.6) is 0 Å². The highest BCUT2D eigenvalue weighted by molar-refractivity contribution is 6.07.